The van der Waals surface area contributed by atoms with Crippen LogP contribution in [0.5, 0.6) is 17.2 Å². The minimum absolute atomic E-state index is 0.0671. The summed E-state index contributed by atoms with van der Waals surface area (Å²) in [6, 6.07) is 9.85. The van der Waals surface area contributed by atoms with Crippen molar-refractivity contribution < 1.29 is 28.2 Å². The van der Waals surface area contributed by atoms with E-state index in [4.69, 9.17) is 23.4 Å². The summed E-state index contributed by atoms with van der Waals surface area (Å²) in [4.78, 5) is 31.3. The lowest BCUT2D eigenvalue weighted by molar-refractivity contribution is 0.0314. The van der Waals surface area contributed by atoms with Crippen LogP contribution in [0.25, 0.3) is 11.0 Å². The fourth-order valence-electron chi connectivity index (χ4n) is 4.80. The maximum atomic E-state index is 13.7. The number of amides is 1. The van der Waals surface area contributed by atoms with Crippen molar-refractivity contribution in [2.24, 2.45) is 0 Å². The molecule has 1 saturated heterocycles. The Morgan fingerprint density at radius 2 is 1.69 bits per heavy atom. The lowest BCUT2D eigenvalue weighted by atomic mass is 9.98. The number of carbonyl (C=O) groups excluding carboxylic acids is 1. The second-order valence-electron chi connectivity index (χ2n) is 8.51. The summed E-state index contributed by atoms with van der Waals surface area (Å²) < 4.78 is 27.7. The van der Waals surface area contributed by atoms with E-state index in [1.165, 1.54) is 7.11 Å². The summed E-state index contributed by atoms with van der Waals surface area (Å²) in [5, 5.41) is 0.401. The Hall–Kier alpha value is -3.56. The summed E-state index contributed by atoms with van der Waals surface area (Å²) in [5.41, 5.74) is 1.17. The van der Waals surface area contributed by atoms with Crippen LogP contribution >= 0.6 is 0 Å². The minimum Gasteiger partial charge on any atom is -0.497 e. The van der Waals surface area contributed by atoms with Gasteiger partial charge in [0.05, 0.1) is 51.5 Å². The Morgan fingerprint density at radius 1 is 0.914 bits per heavy atom. The first-order valence-corrected chi connectivity index (χ1v) is 11.5. The lowest BCUT2D eigenvalue weighted by Gasteiger charge is -2.31. The molecule has 5 rings (SSSR count). The Kier molecular flexibility index (Phi) is 6.36. The molecule has 3 heterocycles. The van der Waals surface area contributed by atoms with Gasteiger partial charge in [-0.25, -0.2) is 0 Å². The molecular weight excluding hydrogens is 452 g/mol. The van der Waals surface area contributed by atoms with E-state index < -0.39 is 6.04 Å². The third-order valence-electron chi connectivity index (χ3n) is 6.66. The van der Waals surface area contributed by atoms with Crippen LogP contribution in [-0.2, 0) is 4.74 Å². The van der Waals surface area contributed by atoms with Gasteiger partial charge < -0.3 is 28.3 Å². The van der Waals surface area contributed by atoms with Crippen molar-refractivity contribution in [2.75, 3.05) is 60.7 Å². The Morgan fingerprint density at radius 3 is 2.40 bits per heavy atom. The van der Waals surface area contributed by atoms with Crippen LogP contribution in [0.4, 0.5) is 0 Å². The van der Waals surface area contributed by atoms with Gasteiger partial charge in [0.1, 0.15) is 11.3 Å². The van der Waals surface area contributed by atoms with Gasteiger partial charge in [-0.2, -0.15) is 0 Å². The first-order valence-electron chi connectivity index (χ1n) is 11.5. The van der Waals surface area contributed by atoms with Crippen LogP contribution < -0.4 is 19.6 Å². The van der Waals surface area contributed by atoms with Gasteiger partial charge in [0.2, 0.25) is 5.76 Å². The Balaban J connectivity index is 1.62. The number of benzene rings is 2. The van der Waals surface area contributed by atoms with E-state index in [9.17, 15) is 9.59 Å². The number of carbonyl (C=O) groups is 1. The van der Waals surface area contributed by atoms with Gasteiger partial charge in [-0.3, -0.25) is 14.5 Å². The maximum absolute atomic E-state index is 13.7. The predicted molar refractivity (Wildman–Crippen MR) is 129 cm³/mol. The molecule has 9 heteroatoms. The maximum Gasteiger partial charge on any atom is 0.290 e. The van der Waals surface area contributed by atoms with E-state index in [1.54, 1.807) is 43.4 Å². The topological polar surface area (TPSA) is 90.7 Å². The molecule has 0 aliphatic carbocycles. The molecule has 0 radical (unpaired) electrons. The zero-order valence-corrected chi connectivity index (χ0v) is 20.0. The number of hydrogen-bond donors (Lipinski definition) is 0. The molecule has 1 atom stereocenters. The minimum atomic E-state index is -0.610. The number of hydrogen-bond acceptors (Lipinski definition) is 8. The van der Waals surface area contributed by atoms with Crippen LogP contribution in [-0.4, -0.2) is 76.4 Å². The van der Waals surface area contributed by atoms with Gasteiger partial charge in [-0.1, -0.05) is 6.07 Å². The molecule has 9 nitrogen and oxygen atoms in total. The summed E-state index contributed by atoms with van der Waals surface area (Å²) in [6.45, 7) is 4.03. The van der Waals surface area contributed by atoms with Crippen molar-refractivity contribution in [3.05, 3.63) is 63.5 Å². The molecule has 1 amide bonds. The van der Waals surface area contributed by atoms with Crippen molar-refractivity contribution in [1.29, 1.82) is 0 Å². The highest BCUT2D eigenvalue weighted by Crippen LogP contribution is 2.41. The van der Waals surface area contributed by atoms with Gasteiger partial charge in [-0.05, 0) is 29.8 Å². The van der Waals surface area contributed by atoms with Crippen LogP contribution in [0.2, 0.25) is 0 Å². The van der Waals surface area contributed by atoms with Crippen molar-refractivity contribution in [2.45, 2.75) is 6.04 Å². The third kappa shape index (κ3) is 4.11. The second kappa shape index (κ2) is 9.59. The average molecular weight is 481 g/mol. The molecule has 3 aromatic rings. The van der Waals surface area contributed by atoms with E-state index in [2.05, 4.69) is 4.90 Å². The van der Waals surface area contributed by atoms with Crippen LogP contribution in [0, 0.1) is 0 Å². The zero-order valence-electron chi connectivity index (χ0n) is 20.0. The average Bonchev–Trinajstić information content (AvgIpc) is 3.18. The number of morpholine rings is 1. The molecule has 0 unspecified atom stereocenters. The van der Waals surface area contributed by atoms with Crippen molar-refractivity contribution >= 4 is 16.9 Å². The molecule has 2 aliphatic rings. The van der Waals surface area contributed by atoms with Gasteiger partial charge in [0.15, 0.2) is 16.9 Å². The first-order chi connectivity index (χ1) is 17.0. The highest BCUT2D eigenvalue weighted by atomic mass is 16.5. The van der Waals surface area contributed by atoms with Crippen LogP contribution in [0.1, 0.15) is 27.7 Å². The third-order valence-corrected chi connectivity index (χ3v) is 6.66. The van der Waals surface area contributed by atoms with Crippen molar-refractivity contribution in [1.82, 2.24) is 9.80 Å². The first kappa shape index (κ1) is 23.2. The molecule has 0 bridgehead atoms. The molecule has 2 aromatic carbocycles. The fraction of sp³-hybridized carbons (Fsp3) is 0.385. The lowest BCUT2D eigenvalue weighted by Crippen LogP contribution is -2.42. The zero-order chi connectivity index (χ0) is 24.5. The number of rotatable bonds is 7. The van der Waals surface area contributed by atoms with Gasteiger partial charge in [0.25, 0.3) is 5.91 Å². The highest BCUT2D eigenvalue weighted by Gasteiger charge is 2.43. The number of nitrogens with zero attached hydrogens (tertiary/aromatic N) is 2. The molecule has 35 heavy (non-hydrogen) atoms. The second-order valence-corrected chi connectivity index (χ2v) is 8.51. The Bertz CT molecular complexity index is 1310. The molecule has 2 aliphatic heterocycles. The van der Waals surface area contributed by atoms with Crippen molar-refractivity contribution in [3.63, 3.8) is 0 Å². The van der Waals surface area contributed by atoms with E-state index in [0.717, 1.165) is 18.7 Å². The van der Waals surface area contributed by atoms with Crippen LogP contribution in [0.15, 0.2) is 45.6 Å². The van der Waals surface area contributed by atoms with Crippen molar-refractivity contribution in [3.8, 4) is 17.2 Å². The number of methoxy groups -OCH3 is 3. The number of fused-ring (bicyclic) bond motifs is 2. The molecule has 184 valence electrons. The van der Waals surface area contributed by atoms with Gasteiger partial charge >= 0.3 is 0 Å². The molecule has 0 N–H and O–H groups in total. The number of ether oxygens (including phenoxy) is 4. The van der Waals surface area contributed by atoms with E-state index in [0.29, 0.717) is 60.1 Å². The smallest absolute Gasteiger partial charge is 0.290 e. The quantitative estimate of drug-likeness (QED) is 0.510. The van der Waals surface area contributed by atoms with E-state index in [1.807, 2.05) is 12.1 Å². The van der Waals surface area contributed by atoms with E-state index >= 15 is 0 Å². The fourth-order valence-corrected chi connectivity index (χ4v) is 4.80. The Labute approximate surface area is 202 Å². The predicted octanol–water partition coefficient (Wildman–Crippen LogP) is 2.70. The largest absolute Gasteiger partial charge is 0.497 e. The summed E-state index contributed by atoms with van der Waals surface area (Å²) in [7, 11) is 4.66. The van der Waals surface area contributed by atoms with Gasteiger partial charge in [-0.15, -0.1) is 0 Å². The van der Waals surface area contributed by atoms with E-state index in [-0.39, 0.29) is 17.1 Å². The monoisotopic (exact) mass is 480 g/mol. The summed E-state index contributed by atoms with van der Waals surface area (Å²) >= 11 is 0. The molecule has 1 fully saturated rings. The van der Waals surface area contributed by atoms with Crippen LogP contribution in [0.3, 0.4) is 0 Å². The molecule has 1 aromatic heterocycles. The SMILES string of the molecule is COc1ccc2c(=O)c3c(oc2c1)C(=O)N(CCN1CCOCC1)[C@@H]3c1ccc(OC)c(OC)c1. The summed E-state index contributed by atoms with van der Waals surface area (Å²) in [5.74, 6) is 1.39. The molecule has 0 saturated carbocycles. The van der Waals surface area contributed by atoms with Gasteiger partial charge in [0, 0.05) is 32.2 Å². The summed E-state index contributed by atoms with van der Waals surface area (Å²) in [6.07, 6.45) is 0. The highest BCUT2D eigenvalue weighted by molar-refractivity contribution is 5.99. The standard InChI is InChI=1S/C26H28N2O7/c1-31-17-5-6-18-20(15-17)35-25-22(24(18)29)23(16-4-7-19(32-2)21(14-16)33-3)28(26(25)30)9-8-27-10-12-34-13-11-27/h4-7,14-15,23H,8-13H2,1-3H3/t23-/m1/s1. The normalized spacial score (nSPS) is 18.1. The molecular formula is C26H28N2O7. The molecule has 0 spiro atoms.